The molecule has 2 unspecified atom stereocenters. The molecule has 0 aromatic heterocycles. The topological polar surface area (TPSA) is 29.5 Å². The van der Waals surface area contributed by atoms with Crippen LogP contribution in [0.3, 0.4) is 0 Å². The Morgan fingerprint density at radius 1 is 1.70 bits per heavy atom. The minimum atomic E-state index is -0.479. The molecular weight excluding hydrogens is 128 g/mol. The van der Waals surface area contributed by atoms with Gasteiger partial charge in [-0.05, 0) is 13.3 Å². The Morgan fingerprint density at radius 2 is 2.50 bits per heavy atom. The van der Waals surface area contributed by atoms with E-state index in [-0.39, 0.29) is 5.92 Å². The Bertz CT molecular complexity index is 148. The molecule has 10 heavy (non-hydrogen) atoms. The molecule has 1 heterocycles. The van der Waals surface area contributed by atoms with Crippen LogP contribution in [0.4, 0.5) is 0 Å². The van der Waals surface area contributed by atoms with Gasteiger partial charge in [0.2, 0.25) is 0 Å². The van der Waals surface area contributed by atoms with E-state index in [0.29, 0.717) is 6.61 Å². The second-order valence-corrected chi connectivity index (χ2v) is 2.46. The average Bonchev–Trinajstić information content (AvgIpc) is 2.38. The average molecular weight is 140 g/mol. The predicted molar refractivity (Wildman–Crippen MR) is 38.4 cm³/mol. The van der Waals surface area contributed by atoms with Gasteiger partial charge < -0.3 is 9.84 Å². The van der Waals surface area contributed by atoms with Crippen LogP contribution in [0.2, 0.25) is 0 Å². The third-order valence-corrected chi connectivity index (χ3v) is 1.70. The van der Waals surface area contributed by atoms with Crippen LogP contribution in [0.25, 0.3) is 0 Å². The van der Waals surface area contributed by atoms with Crippen molar-refractivity contribution >= 4 is 0 Å². The first-order valence-corrected chi connectivity index (χ1v) is 3.52. The normalized spacial score (nSPS) is 27.2. The Kier molecular flexibility index (Phi) is 2.73. The van der Waals surface area contributed by atoms with Gasteiger partial charge in [0.05, 0.1) is 6.61 Å². The van der Waals surface area contributed by atoms with E-state index in [1.807, 2.05) is 0 Å². The van der Waals surface area contributed by atoms with E-state index >= 15 is 0 Å². The monoisotopic (exact) mass is 140 g/mol. The zero-order valence-corrected chi connectivity index (χ0v) is 6.13. The summed E-state index contributed by atoms with van der Waals surface area (Å²) in [5, 5.41) is 9.30. The van der Waals surface area contributed by atoms with E-state index in [0.717, 1.165) is 13.0 Å². The van der Waals surface area contributed by atoms with Crippen molar-refractivity contribution in [1.29, 1.82) is 0 Å². The van der Waals surface area contributed by atoms with Crippen LogP contribution < -0.4 is 0 Å². The first-order chi connectivity index (χ1) is 4.84. The highest BCUT2D eigenvalue weighted by Gasteiger charge is 2.21. The fraction of sp³-hybridized carbons (Fsp3) is 0.750. The minimum absolute atomic E-state index is 0.243. The molecule has 0 aliphatic carbocycles. The van der Waals surface area contributed by atoms with E-state index in [9.17, 15) is 5.11 Å². The maximum atomic E-state index is 9.30. The molecule has 1 fully saturated rings. The number of hydrogen-bond donors (Lipinski definition) is 1. The van der Waals surface area contributed by atoms with Gasteiger partial charge in [0.1, 0.15) is 6.10 Å². The molecule has 2 nitrogen and oxygen atoms in total. The van der Waals surface area contributed by atoms with Crippen molar-refractivity contribution in [2.75, 3.05) is 13.2 Å². The summed E-state index contributed by atoms with van der Waals surface area (Å²) in [5.74, 6) is 5.64. The van der Waals surface area contributed by atoms with Crippen molar-refractivity contribution in [3.8, 4) is 11.8 Å². The van der Waals surface area contributed by atoms with Crippen molar-refractivity contribution in [3.05, 3.63) is 0 Å². The van der Waals surface area contributed by atoms with Crippen molar-refractivity contribution in [2.45, 2.75) is 19.4 Å². The molecule has 0 aromatic carbocycles. The first-order valence-electron chi connectivity index (χ1n) is 3.52. The molecule has 0 aromatic rings. The Morgan fingerprint density at radius 3 is 3.00 bits per heavy atom. The summed E-state index contributed by atoms with van der Waals surface area (Å²) in [5.41, 5.74) is 0. The molecule has 0 radical (unpaired) electrons. The molecule has 2 heteroatoms. The van der Waals surface area contributed by atoms with E-state index in [2.05, 4.69) is 11.8 Å². The van der Waals surface area contributed by atoms with Crippen molar-refractivity contribution < 1.29 is 9.84 Å². The summed E-state index contributed by atoms with van der Waals surface area (Å²) in [6, 6.07) is 0. The van der Waals surface area contributed by atoms with Crippen LogP contribution in [0, 0.1) is 17.8 Å². The van der Waals surface area contributed by atoms with Crippen molar-refractivity contribution in [3.63, 3.8) is 0 Å². The Labute approximate surface area is 61.2 Å². The standard InChI is InChI=1S/C8H12O2/c1-2-3-8(9)7-4-5-10-6-7/h7-9H,4-6H2,1H3. The number of hydrogen-bond acceptors (Lipinski definition) is 2. The molecule has 0 bridgehead atoms. The SMILES string of the molecule is CC#CC(O)C1CCOC1. The maximum Gasteiger partial charge on any atom is 0.119 e. The minimum Gasteiger partial charge on any atom is -0.381 e. The highest BCUT2D eigenvalue weighted by Crippen LogP contribution is 2.15. The van der Waals surface area contributed by atoms with Crippen LogP contribution in [0.15, 0.2) is 0 Å². The van der Waals surface area contributed by atoms with E-state index < -0.39 is 6.10 Å². The Hall–Kier alpha value is -0.520. The van der Waals surface area contributed by atoms with Gasteiger partial charge in [-0.3, -0.25) is 0 Å². The molecule has 1 rings (SSSR count). The maximum absolute atomic E-state index is 9.30. The lowest BCUT2D eigenvalue weighted by Crippen LogP contribution is -2.18. The van der Waals surface area contributed by atoms with Gasteiger partial charge in [0.15, 0.2) is 0 Å². The zero-order chi connectivity index (χ0) is 7.40. The smallest absolute Gasteiger partial charge is 0.119 e. The number of ether oxygens (including phenoxy) is 1. The van der Waals surface area contributed by atoms with Gasteiger partial charge >= 0.3 is 0 Å². The van der Waals surface area contributed by atoms with E-state index in [1.54, 1.807) is 6.92 Å². The quantitative estimate of drug-likeness (QED) is 0.534. The van der Waals surface area contributed by atoms with Crippen molar-refractivity contribution in [2.24, 2.45) is 5.92 Å². The summed E-state index contributed by atoms with van der Waals surface area (Å²) in [7, 11) is 0. The lowest BCUT2D eigenvalue weighted by Gasteiger charge is -2.08. The van der Waals surface area contributed by atoms with Crippen LogP contribution in [0.5, 0.6) is 0 Å². The molecule has 0 spiro atoms. The third kappa shape index (κ3) is 1.73. The van der Waals surface area contributed by atoms with Crippen molar-refractivity contribution in [1.82, 2.24) is 0 Å². The highest BCUT2D eigenvalue weighted by molar-refractivity contribution is 5.04. The number of aliphatic hydroxyl groups is 1. The summed E-state index contributed by atoms with van der Waals surface area (Å²) >= 11 is 0. The molecule has 0 saturated carbocycles. The predicted octanol–water partition coefficient (Wildman–Crippen LogP) is 0.407. The van der Waals surface area contributed by atoms with Crippen LogP contribution >= 0.6 is 0 Å². The first kappa shape index (κ1) is 7.59. The number of rotatable bonds is 1. The van der Waals surface area contributed by atoms with Crippen LogP contribution in [0.1, 0.15) is 13.3 Å². The van der Waals surface area contributed by atoms with Gasteiger partial charge in [-0.2, -0.15) is 0 Å². The lowest BCUT2D eigenvalue weighted by atomic mass is 10.0. The summed E-state index contributed by atoms with van der Waals surface area (Å²) < 4.78 is 5.10. The van der Waals surface area contributed by atoms with Gasteiger partial charge in [-0.1, -0.05) is 5.92 Å². The molecule has 1 aliphatic rings. The fourth-order valence-corrected chi connectivity index (χ4v) is 1.07. The second-order valence-electron chi connectivity index (χ2n) is 2.46. The molecule has 2 atom stereocenters. The fourth-order valence-electron chi connectivity index (χ4n) is 1.07. The van der Waals surface area contributed by atoms with Gasteiger partial charge in [-0.15, -0.1) is 5.92 Å². The largest absolute Gasteiger partial charge is 0.381 e. The third-order valence-electron chi connectivity index (χ3n) is 1.70. The summed E-state index contributed by atoms with van der Waals surface area (Å²) in [4.78, 5) is 0. The number of aliphatic hydroxyl groups excluding tert-OH is 1. The van der Waals surface area contributed by atoms with E-state index in [4.69, 9.17) is 4.74 Å². The molecule has 0 amide bonds. The Balaban J connectivity index is 2.37. The highest BCUT2D eigenvalue weighted by atomic mass is 16.5. The van der Waals surface area contributed by atoms with Gasteiger partial charge in [0.25, 0.3) is 0 Å². The second kappa shape index (κ2) is 3.60. The lowest BCUT2D eigenvalue weighted by molar-refractivity contribution is 0.130. The van der Waals surface area contributed by atoms with E-state index in [1.165, 1.54) is 0 Å². The molecular formula is C8H12O2. The molecule has 1 N–H and O–H groups in total. The molecule has 1 aliphatic heterocycles. The molecule has 56 valence electrons. The zero-order valence-electron chi connectivity index (χ0n) is 6.13. The van der Waals surface area contributed by atoms with Crippen LogP contribution in [-0.4, -0.2) is 24.4 Å². The summed E-state index contributed by atoms with van der Waals surface area (Å²) in [6.45, 7) is 3.17. The molecule has 1 saturated heterocycles. The summed E-state index contributed by atoms with van der Waals surface area (Å²) in [6.07, 6.45) is 0.461. The van der Waals surface area contributed by atoms with Gasteiger partial charge in [0, 0.05) is 12.5 Å². The van der Waals surface area contributed by atoms with Gasteiger partial charge in [-0.25, -0.2) is 0 Å². The van der Waals surface area contributed by atoms with Crippen LogP contribution in [-0.2, 0) is 4.74 Å².